The molecule has 0 spiro atoms. The second-order valence-corrected chi connectivity index (χ2v) is 4.44. The van der Waals surface area contributed by atoms with Crippen LogP contribution in [0.25, 0.3) is 11.1 Å². The zero-order valence-electron chi connectivity index (χ0n) is 10.6. The summed E-state index contributed by atoms with van der Waals surface area (Å²) in [5, 5.41) is 9.28. The van der Waals surface area contributed by atoms with Gasteiger partial charge in [0, 0.05) is 5.56 Å². The Balaban J connectivity index is 2.48. The molecule has 0 fully saturated rings. The standard InChI is InChI=1S/C16H16O2/c1-11-6-7-15(9-16(11)10-17)14-5-3-4-13(8-14)12(2)18/h3-9,17H,10H2,1-2H3. The lowest BCUT2D eigenvalue weighted by molar-refractivity contribution is 0.101. The number of aliphatic hydroxyl groups is 1. The predicted octanol–water partition coefficient (Wildman–Crippen LogP) is 3.36. The molecule has 0 aliphatic rings. The van der Waals surface area contributed by atoms with Gasteiger partial charge in [0.2, 0.25) is 0 Å². The molecule has 0 amide bonds. The number of benzene rings is 2. The summed E-state index contributed by atoms with van der Waals surface area (Å²) in [4.78, 5) is 11.4. The maximum Gasteiger partial charge on any atom is 0.159 e. The predicted molar refractivity (Wildman–Crippen MR) is 72.5 cm³/mol. The van der Waals surface area contributed by atoms with Crippen LogP contribution in [0, 0.1) is 6.92 Å². The molecule has 2 aromatic carbocycles. The molecule has 2 rings (SSSR count). The summed E-state index contributed by atoms with van der Waals surface area (Å²) in [6.45, 7) is 3.57. The first-order valence-corrected chi connectivity index (χ1v) is 5.93. The van der Waals surface area contributed by atoms with Gasteiger partial charge in [0.25, 0.3) is 0 Å². The van der Waals surface area contributed by atoms with Gasteiger partial charge in [-0.3, -0.25) is 4.79 Å². The van der Waals surface area contributed by atoms with E-state index in [1.54, 1.807) is 6.92 Å². The molecular formula is C16H16O2. The van der Waals surface area contributed by atoms with E-state index < -0.39 is 0 Å². The van der Waals surface area contributed by atoms with Gasteiger partial charge in [-0.1, -0.05) is 30.3 Å². The summed E-state index contributed by atoms with van der Waals surface area (Å²) >= 11 is 0. The van der Waals surface area contributed by atoms with Crippen LogP contribution in [-0.2, 0) is 6.61 Å². The van der Waals surface area contributed by atoms with Crippen molar-refractivity contribution in [1.82, 2.24) is 0 Å². The number of ketones is 1. The van der Waals surface area contributed by atoms with Crippen molar-refractivity contribution >= 4 is 5.78 Å². The molecule has 0 unspecified atom stereocenters. The number of aryl methyl sites for hydroxylation is 1. The second-order valence-electron chi connectivity index (χ2n) is 4.44. The molecule has 0 aromatic heterocycles. The van der Waals surface area contributed by atoms with Gasteiger partial charge in [-0.05, 0) is 48.2 Å². The molecule has 0 atom stereocenters. The maximum atomic E-state index is 11.4. The summed E-state index contributed by atoms with van der Waals surface area (Å²) in [6.07, 6.45) is 0. The highest BCUT2D eigenvalue weighted by molar-refractivity contribution is 5.95. The quantitative estimate of drug-likeness (QED) is 0.835. The van der Waals surface area contributed by atoms with Gasteiger partial charge in [0.15, 0.2) is 5.78 Å². The molecule has 0 aliphatic carbocycles. The smallest absolute Gasteiger partial charge is 0.159 e. The van der Waals surface area contributed by atoms with E-state index in [4.69, 9.17) is 0 Å². The fourth-order valence-electron chi connectivity index (χ4n) is 1.94. The molecule has 0 heterocycles. The van der Waals surface area contributed by atoms with Crippen molar-refractivity contribution in [1.29, 1.82) is 0 Å². The molecule has 0 bridgehead atoms. The average molecular weight is 240 g/mol. The molecule has 0 aliphatic heterocycles. The van der Waals surface area contributed by atoms with E-state index in [9.17, 15) is 9.90 Å². The molecular weight excluding hydrogens is 224 g/mol. The Morgan fingerprint density at radius 2 is 1.83 bits per heavy atom. The van der Waals surface area contributed by atoms with Crippen molar-refractivity contribution < 1.29 is 9.90 Å². The Morgan fingerprint density at radius 1 is 1.11 bits per heavy atom. The third kappa shape index (κ3) is 2.49. The number of rotatable bonds is 3. The van der Waals surface area contributed by atoms with Gasteiger partial charge in [-0.15, -0.1) is 0 Å². The Labute approximate surface area is 107 Å². The minimum absolute atomic E-state index is 0.0338. The largest absolute Gasteiger partial charge is 0.392 e. The number of hydrogen-bond donors (Lipinski definition) is 1. The van der Waals surface area contributed by atoms with Gasteiger partial charge in [-0.2, -0.15) is 0 Å². The zero-order chi connectivity index (χ0) is 13.1. The SMILES string of the molecule is CC(=O)c1cccc(-c2ccc(C)c(CO)c2)c1. The highest BCUT2D eigenvalue weighted by Crippen LogP contribution is 2.23. The van der Waals surface area contributed by atoms with Crippen LogP contribution in [0.3, 0.4) is 0 Å². The third-order valence-electron chi connectivity index (χ3n) is 3.12. The highest BCUT2D eigenvalue weighted by Gasteiger charge is 2.04. The van der Waals surface area contributed by atoms with Crippen LogP contribution in [-0.4, -0.2) is 10.9 Å². The monoisotopic (exact) mass is 240 g/mol. The molecule has 0 saturated carbocycles. The number of Topliss-reactive ketones (excluding diaryl/α,β-unsaturated/α-hetero) is 1. The van der Waals surface area contributed by atoms with Gasteiger partial charge < -0.3 is 5.11 Å². The fourth-order valence-corrected chi connectivity index (χ4v) is 1.94. The van der Waals surface area contributed by atoms with Crippen LogP contribution in [0.15, 0.2) is 42.5 Å². The molecule has 92 valence electrons. The van der Waals surface area contributed by atoms with E-state index in [0.29, 0.717) is 5.56 Å². The number of aliphatic hydroxyl groups excluding tert-OH is 1. The minimum Gasteiger partial charge on any atom is -0.392 e. The van der Waals surface area contributed by atoms with E-state index in [0.717, 1.165) is 22.3 Å². The second kappa shape index (κ2) is 5.15. The first kappa shape index (κ1) is 12.5. The van der Waals surface area contributed by atoms with Crippen LogP contribution in [0.1, 0.15) is 28.4 Å². The number of carbonyl (C=O) groups is 1. The topological polar surface area (TPSA) is 37.3 Å². The van der Waals surface area contributed by atoms with Gasteiger partial charge in [0.1, 0.15) is 0 Å². The summed E-state index contributed by atoms with van der Waals surface area (Å²) in [5.74, 6) is 0.0614. The van der Waals surface area contributed by atoms with E-state index >= 15 is 0 Å². The number of carbonyl (C=O) groups excluding carboxylic acids is 1. The Kier molecular flexibility index (Phi) is 3.58. The van der Waals surface area contributed by atoms with E-state index in [1.165, 1.54) is 0 Å². The lowest BCUT2D eigenvalue weighted by atomic mass is 9.98. The van der Waals surface area contributed by atoms with Crippen molar-refractivity contribution in [3.05, 3.63) is 59.2 Å². The van der Waals surface area contributed by atoms with Crippen LogP contribution in [0.4, 0.5) is 0 Å². The lowest BCUT2D eigenvalue weighted by Gasteiger charge is -2.08. The summed E-state index contributed by atoms with van der Waals surface area (Å²) < 4.78 is 0. The van der Waals surface area contributed by atoms with Gasteiger partial charge in [0.05, 0.1) is 6.61 Å². The zero-order valence-corrected chi connectivity index (χ0v) is 10.6. The van der Waals surface area contributed by atoms with Crippen molar-refractivity contribution in [2.24, 2.45) is 0 Å². The maximum absolute atomic E-state index is 11.4. The summed E-state index contributed by atoms with van der Waals surface area (Å²) in [5.41, 5.74) is 4.72. The van der Waals surface area contributed by atoms with Gasteiger partial charge >= 0.3 is 0 Å². The summed E-state index contributed by atoms with van der Waals surface area (Å²) in [7, 11) is 0. The first-order valence-electron chi connectivity index (χ1n) is 5.93. The lowest BCUT2D eigenvalue weighted by Crippen LogP contribution is -1.93. The van der Waals surface area contributed by atoms with Gasteiger partial charge in [-0.25, -0.2) is 0 Å². The Hall–Kier alpha value is -1.93. The fraction of sp³-hybridized carbons (Fsp3) is 0.188. The molecule has 18 heavy (non-hydrogen) atoms. The Bertz CT molecular complexity index is 585. The highest BCUT2D eigenvalue weighted by atomic mass is 16.3. The van der Waals surface area contributed by atoms with Crippen molar-refractivity contribution in [2.75, 3.05) is 0 Å². The van der Waals surface area contributed by atoms with Crippen LogP contribution < -0.4 is 0 Å². The van der Waals surface area contributed by atoms with Crippen molar-refractivity contribution in [3.63, 3.8) is 0 Å². The van der Waals surface area contributed by atoms with Crippen molar-refractivity contribution in [2.45, 2.75) is 20.5 Å². The average Bonchev–Trinajstić information content (AvgIpc) is 2.39. The molecule has 2 heteroatoms. The molecule has 1 N–H and O–H groups in total. The van der Waals surface area contributed by atoms with Crippen LogP contribution in [0.2, 0.25) is 0 Å². The molecule has 0 radical (unpaired) electrons. The molecule has 2 nitrogen and oxygen atoms in total. The molecule has 2 aromatic rings. The first-order chi connectivity index (χ1) is 8.61. The number of hydrogen-bond acceptors (Lipinski definition) is 2. The van der Waals surface area contributed by atoms with Crippen LogP contribution >= 0.6 is 0 Å². The third-order valence-corrected chi connectivity index (χ3v) is 3.12. The van der Waals surface area contributed by atoms with E-state index in [-0.39, 0.29) is 12.4 Å². The van der Waals surface area contributed by atoms with Crippen LogP contribution in [0.5, 0.6) is 0 Å². The summed E-state index contributed by atoms with van der Waals surface area (Å²) in [6, 6.07) is 13.5. The Morgan fingerprint density at radius 3 is 2.50 bits per heavy atom. The van der Waals surface area contributed by atoms with Crippen molar-refractivity contribution in [3.8, 4) is 11.1 Å². The molecule has 0 saturated heterocycles. The normalized spacial score (nSPS) is 10.4. The van der Waals surface area contributed by atoms with E-state index in [2.05, 4.69) is 0 Å². The minimum atomic E-state index is 0.0338. The van der Waals surface area contributed by atoms with E-state index in [1.807, 2.05) is 49.4 Å².